The van der Waals surface area contributed by atoms with Gasteiger partial charge in [-0.05, 0) is 31.0 Å². The molecule has 0 unspecified atom stereocenters. The fourth-order valence-corrected chi connectivity index (χ4v) is 2.64. The quantitative estimate of drug-likeness (QED) is 0.796. The molecule has 1 N–H and O–H groups in total. The molecule has 6 nitrogen and oxygen atoms in total. The Bertz CT molecular complexity index is 816. The molecule has 0 radical (unpaired) electrons. The largest absolute Gasteiger partial charge is 0.480 e. The molecule has 0 aliphatic heterocycles. The minimum Gasteiger partial charge on any atom is -0.480 e. The number of nitrogens with zero attached hydrogens (tertiary/aromatic N) is 3. The highest BCUT2D eigenvalue weighted by Crippen LogP contribution is 2.44. The number of hydrogen-bond donors (Lipinski definition) is 1. The minimum atomic E-state index is -0.924. The molecular weight excluding hydrogens is 270 g/mol. The Morgan fingerprint density at radius 2 is 2.29 bits per heavy atom. The molecule has 1 saturated carbocycles. The number of fused-ring (bicyclic) bond motifs is 1. The average Bonchev–Trinajstić information content (AvgIpc) is 3.04. The summed E-state index contributed by atoms with van der Waals surface area (Å²) >= 11 is 0. The van der Waals surface area contributed by atoms with E-state index in [0.717, 1.165) is 35.2 Å². The molecule has 3 aromatic rings. The summed E-state index contributed by atoms with van der Waals surface area (Å²) in [5, 5.41) is 14.4. The lowest BCUT2D eigenvalue weighted by atomic mass is 10.1. The van der Waals surface area contributed by atoms with E-state index in [4.69, 9.17) is 9.52 Å². The van der Waals surface area contributed by atoms with Gasteiger partial charge >= 0.3 is 5.97 Å². The second-order valence-corrected chi connectivity index (χ2v) is 5.25. The van der Waals surface area contributed by atoms with Gasteiger partial charge in [-0.1, -0.05) is 0 Å². The van der Waals surface area contributed by atoms with Crippen LogP contribution in [0.2, 0.25) is 0 Å². The number of carbonyl (C=O) groups is 1. The van der Waals surface area contributed by atoms with E-state index in [1.165, 1.54) is 4.68 Å². The van der Waals surface area contributed by atoms with Gasteiger partial charge in [-0.25, -0.2) is 9.67 Å². The summed E-state index contributed by atoms with van der Waals surface area (Å²) < 4.78 is 6.96. The third-order valence-corrected chi connectivity index (χ3v) is 3.70. The molecule has 3 heterocycles. The van der Waals surface area contributed by atoms with Gasteiger partial charge in [0.2, 0.25) is 0 Å². The summed E-state index contributed by atoms with van der Waals surface area (Å²) in [6.45, 7) is -0.183. The summed E-state index contributed by atoms with van der Waals surface area (Å²) in [5.41, 5.74) is 2.46. The van der Waals surface area contributed by atoms with Gasteiger partial charge in [-0.2, -0.15) is 5.10 Å². The third-order valence-electron chi connectivity index (χ3n) is 3.70. The number of carboxylic acid groups (broad SMARTS) is 1. The van der Waals surface area contributed by atoms with Gasteiger partial charge in [-0.15, -0.1) is 0 Å². The van der Waals surface area contributed by atoms with Crippen molar-refractivity contribution in [3.8, 4) is 11.3 Å². The number of carboxylic acids is 1. The second kappa shape index (κ2) is 4.44. The Hall–Kier alpha value is -2.63. The Morgan fingerprint density at radius 3 is 2.95 bits per heavy atom. The van der Waals surface area contributed by atoms with Gasteiger partial charge in [0.25, 0.3) is 0 Å². The van der Waals surface area contributed by atoms with Crippen molar-refractivity contribution in [1.82, 2.24) is 14.8 Å². The first-order chi connectivity index (χ1) is 10.2. The van der Waals surface area contributed by atoms with Crippen LogP contribution in [0.5, 0.6) is 0 Å². The normalized spacial score (nSPS) is 14.7. The van der Waals surface area contributed by atoms with Gasteiger partial charge in [0.15, 0.2) is 5.65 Å². The monoisotopic (exact) mass is 283 g/mol. The molecule has 0 aromatic carbocycles. The lowest BCUT2D eigenvalue weighted by Gasteiger charge is -2.01. The smallest absolute Gasteiger partial charge is 0.325 e. The summed E-state index contributed by atoms with van der Waals surface area (Å²) in [7, 11) is 0. The van der Waals surface area contributed by atoms with Crippen molar-refractivity contribution in [3.05, 3.63) is 36.4 Å². The van der Waals surface area contributed by atoms with Crippen LogP contribution in [0, 0.1) is 0 Å². The Morgan fingerprint density at radius 1 is 1.43 bits per heavy atom. The maximum absolute atomic E-state index is 11.0. The summed E-state index contributed by atoms with van der Waals surface area (Å²) in [4.78, 5) is 15.3. The summed E-state index contributed by atoms with van der Waals surface area (Å²) in [6, 6.07) is 5.61. The first-order valence-electron chi connectivity index (χ1n) is 6.85. The van der Waals surface area contributed by atoms with Crippen LogP contribution in [-0.2, 0) is 11.3 Å². The molecule has 3 aromatic heterocycles. The molecule has 1 fully saturated rings. The zero-order valence-electron chi connectivity index (χ0n) is 11.2. The van der Waals surface area contributed by atoms with Crippen molar-refractivity contribution in [3.63, 3.8) is 0 Å². The predicted octanol–water partition coefficient (Wildman–Crippen LogP) is 2.65. The van der Waals surface area contributed by atoms with Crippen molar-refractivity contribution < 1.29 is 14.3 Å². The van der Waals surface area contributed by atoms with E-state index >= 15 is 0 Å². The van der Waals surface area contributed by atoms with Crippen molar-refractivity contribution in [1.29, 1.82) is 0 Å². The van der Waals surface area contributed by atoms with Crippen LogP contribution in [0.4, 0.5) is 0 Å². The highest BCUT2D eigenvalue weighted by Gasteiger charge is 2.31. The standard InChI is InChI=1S/C15H13N3O3/c19-12(20)8-18-15-13(14(17-18)9-3-4-9)10(5-6-16-15)11-2-1-7-21-11/h1-2,5-7,9H,3-4,8H2,(H,19,20). The number of rotatable bonds is 4. The Labute approximate surface area is 120 Å². The molecule has 1 aliphatic carbocycles. The average molecular weight is 283 g/mol. The van der Waals surface area contributed by atoms with E-state index in [-0.39, 0.29) is 6.54 Å². The molecule has 0 spiro atoms. The van der Waals surface area contributed by atoms with Crippen molar-refractivity contribution in [2.24, 2.45) is 0 Å². The minimum absolute atomic E-state index is 0.183. The van der Waals surface area contributed by atoms with E-state index in [9.17, 15) is 4.79 Å². The highest BCUT2D eigenvalue weighted by atomic mass is 16.4. The molecule has 0 atom stereocenters. The lowest BCUT2D eigenvalue weighted by Crippen LogP contribution is -2.10. The highest BCUT2D eigenvalue weighted by molar-refractivity contribution is 5.94. The van der Waals surface area contributed by atoms with Crippen LogP contribution in [0.1, 0.15) is 24.5 Å². The van der Waals surface area contributed by atoms with E-state index in [2.05, 4.69) is 10.1 Å². The van der Waals surface area contributed by atoms with Crippen LogP contribution in [0.15, 0.2) is 35.1 Å². The molecular formula is C15H13N3O3. The summed E-state index contributed by atoms with van der Waals surface area (Å²) in [5.74, 6) is 0.228. The van der Waals surface area contributed by atoms with Gasteiger partial charge < -0.3 is 9.52 Å². The van der Waals surface area contributed by atoms with Crippen LogP contribution in [0.25, 0.3) is 22.4 Å². The third kappa shape index (κ3) is 1.99. The molecule has 0 amide bonds. The fourth-order valence-electron chi connectivity index (χ4n) is 2.64. The van der Waals surface area contributed by atoms with E-state index in [1.54, 1.807) is 12.5 Å². The molecule has 21 heavy (non-hydrogen) atoms. The second-order valence-electron chi connectivity index (χ2n) is 5.25. The first-order valence-corrected chi connectivity index (χ1v) is 6.85. The maximum atomic E-state index is 11.0. The predicted molar refractivity (Wildman–Crippen MR) is 74.8 cm³/mol. The van der Waals surface area contributed by atoms with Crippen LogP contribution < -0.4 is 0 Å². The molecule has 0 bridgehead atoms. The van der Waals surface area contributed by atoms with Gasteiger partial charge in [-0.3, -0.25) is 4.79 Å². The van der Waals surface area contributed by atoms with Gasteiger partial charge in [0, 0.05) is 17.7 Å². The number of aromatic nitrogens is 3. The number of pyridine rings is 1. The zero-order valence-corrected chi connectivity index (χ0v) is 11.2. The zero-order chi connectivity index (χ0) is 14.4. The topological polar surface area (TPSA) is 81.1 Å². The van der Waals surface area contributed by atoms with Crippen molar-refractivity contribution >= 4 is 17.0 Å². The fraction of sp³-hybridized carbons (Fsp3) is 0.267. The van der Waals surface area contributed by atoms with Crippen LogP contribution >= 0.6 is 0 Å². The van der Waals surface area contributed by atoms with E-state index in [1.807, 2.05) is 18.2 Å². The molecule has 4 rings (SSSR count). The van der Waals surface area contributed by atoms with E-state index in [0.29, 0.717) is 11.6 Å². The van der Waals surface area contributed by atoms with Crippen molar-refractivity contribution in [2.45, 2.75) is 25.3 Å². The molecule has 0 saturated heterocycles. The van der Waals surface area contributed by atoms with Crippen LogP contribution in [-0.4, -0.2) is 25.8 Å². The number of furan rings is 1. The summed E-state index contributed by atoms with van der Waals surface area (Å²) in [6.07, 6.45) is 5.47. The van der Waals surface area contributed by atoms with Crippen molar-refractivity contribution in [2.75, 3.05) is 0 Å². The number of aliphatic carboxylic acids is 1. The Kier molecular flexibility index (Phi) is 2.57. The Balaban J connectivity index is 1.99. The first kappa shape index (κ1) is 12.1. The van der Waals surface area contributed by atoms with Crippen LogP contribution in [0.3, 0.4) is 0 Å². The SMILES string of the molecule is O=C(O)Cn1nc(C2CC2)c2c(-c3ccco3)ccnc21. The van der Waals surface area contributed by atoms with E-state index < -0.39 is 5.97 Å². The molecule has 6 heteroatoms. The molecule has 106 valence electrons. The maximum Gasteiger partial charge on any atom is 0.325 e. The van der Waals surface area contributed by atoms with Gasteiger partial charge in [0.05, 0.1) is 17.3 Å². The van der Waals surface area contributed by atoms with Gasteiger partial charge in [0.1, 0.15) is 12.3 Å². The molecule has 1 aliphatic rings. The number of hydrogen-bond acceptors (Lipinski definition) is 4. The lowest BCUT2D eigenvalue weighted by molar-refractivity contribution is -0.137.